The number of hydrogen-bond acceptors (Lipinski definition) is 8. The molecule has 10 heteroatoms. The average Bonchev–Trinajstić information content (AvgIpc) is 2.71. The van der Waals surface area contributed by atoms with Crippen molar-refractivity contribution in [1.29, 1.82) is 0 Å². The molecule has 0 atom stereocenters. The first-order valence-corrected chi connectivity index (χ1v) is 9.48. The van der Waals surface area contributed by atoms with Crippen LogP contribution in [0.1, 0.15) is 46.0 Å². The molecule has 0 radical (unpaired) electrons. The molecule has 0 saturated heterocycles. The van der Waals surface area contributed by atoms with Crippen LogP contribution in [0, 0.1) is 29.2 Å². The van der Waals surface area contributed by atoms with Gasteiger partial charge in [0.15, 0.2) is 0 Å². The van der Waals surface area contributed by atoms with Crippen LogP contribution in [0.15, 0.2) is 24.3 Å². The van der Waals surface area contributed by atoms with Crippen LogP contribution in [-0.2, 0) is 14.2 Å². The maximum absolute atomic E-state index is 12.9. The van der Waals surface area contributed by atoms with E-state index in [0.717, 1.165) is 0 Å². The Kier molecular flexibility index (Phi) is 7.65. The maximum atomic E-state index is 12.9. The monoisotopic (exact) mass is 432 g/mol. The lowest BCUT2D eigenvalue weighted by Gasteiger charge is -2.19. The minimum Gasteiger partial charge on any atom is -0.618 e. The number of hydrogen-bond donors (Lipinski definition) is 0. The van der Waals surface area contributed by atoms with E-state index in [4.69, 9.17) is 14.2 Å². The van der Waals surface area contributed by atoms with Crippen LogP contribution >= 0.6 is 0 Å². The molecule has 0 spiro atoms. The average molecular weight is 432 g/mol. The van der Waals surface area contributed by atoms with Crippen LogP contribution < -0.4 is 4.73 Å². The number of pyridine rings is 1. The number of aromatic nitrogens is 1. The number of rotatable bonds is 8. The van der Waals surface area contributed by atoms with Crippen LogP contribution in [0.4, 0.5) is 5.69 Å². The number of esters is 2. The van der Waals surface area contributed by atoms with E-state index in [1.54, 1.807) is 13.8 Å². The van der Waals surface area contributed by atoms with E-state index in [-0.39, 0.29) is 52.5 Å². The van der Waals surface area contributed by atoms with Gasteiger partial charge in [-0.3, -0.25) is 10.1 Å². The molecule has 2 aromatic rings. The molecule has 0 amide bonds. The summed E-state index contributed by atoms with van der Waals surface area (Å²) < 4.78 is 15.8. The minimum absolute atomic E-state index is 0.00176. The lowest BCUT2D eigenvalue weighted by Crippen LogP contribution is -2.39. The second kappa shape index (κ2) is 9.98. The van der Waals surface area contributed by atoms with Crippen molar-refractivity contribution in [2.24, 2.45) is 0 Å². The van der Waals surface area contributed by atoms with E-state index in [1.165, 1.54) is 45.2 Å². The van der Waals surface area contributed by atoms with Crippen LogP contribution in [-0.4, -0.2) is 43.3 Å². The predicted molar refractivity (Wildman–Crippen MR) is 110 cm³/mol. The summed E-state index contributed by atoms with van der Waals surface area (Å²) in [6, 6.07) is 5.44. The molecular formula is C21H24N2O8. The molecule has 1 heterocycles. The van der Waals surface area contributed by atoms with Crippen LogP contribution in [0.5, 0.6) is 0 Å². The first-order valence-electron chi connectivity index (χ1n) is 9.48. The lowest BCUT2D eigenvalue weighted by molar-refractivity contribution is -0.619. The lowest BCUT2D eigenvalue weighted by atomic mass is 9.92. The van der Waals surface area contributed by atoms with E-state index < -0.39 is 23.0 Å². The van der Waals surface area contributed by atoms with Crippen LogP contribution in [0.3, 0.4) is 0 Å². The molecule has 0 fully saturated rings. The molecule has 0 aliphatic carbocycles. The number of methoxy groups -OCH3 is 1. The molecule has 0 aliphatic rings. The van der Waals surface area contributed by atoms with E-state index in [9.17, 15) is 24.9 Å². The second-order valence-corrected chi connectivity index (χ2v) is 6.98. The van der Waals surface area contributed by atoms with Crippen molar-refractivity contribution in [2.75, 3.05) is 20.3 Å². The Hall–Kier alpha value is -3.53. The predicted octanol–water partition coefficient (Wildman–Crippen LogP) is 2.88. The second-order valence-electron chi connectivity index (χ2n) is 6.98. The fraction of sp³-hybridized carbons (Fsp3) is 0.381. The Morgan fingerprint density at radius 2 is 1.71 bits per heavy atom. The fourth-order valence-corrected chi connectivity index (χ4v) is 3.07. The Morgan fingerprint density at radius 1 is 1.10 bits per heavy atom. The molecule has 1 aromatic carbocycles. The minimum atomic E-state index is -0.862. The van der Waals surface area contributed by atoms with Gasteiger partial charge in [-0.15, -0.1) is 0 Å². The number of non-ortho nitro benzene ring substituents is 1. The standard InChI is InChI=1S/C21H24N2O8/c1-12(2)31-21(25)18-14(4)22(26)13(3)17(20(24)30-10-9-29-5)19(18)15-7-6-8-16(11-15)23(27)28/h6-8,11-12H,9-10H2,1-5H3. The van der Waals surface area contributed by atoms with E-state index in [1.807, 2.05) is 0 Å². The first kappa shape index (κ1) is 23.7. The number of carbonyl (C=O) groups excluding carboxylic acids is 2. The number of carbonyl (C=O) groups is 2. The van der Waals surface area contributed by atoms with Crippen molar-refractivity contribution in [3.05, 3.63) is 62.1 Å². The third-order valence-electron chi connectivity index (χ3n) is 4.45. The van der Waals surface area contributed by atoms with Gasteiger partial charge < -0.3 is 19.4 Å². The summed E-state index contributed by atoms with van der Waals surface area (Å²) in [4.78, 5) is 36.5. The fourth-order valence-electron chi connectivity index (χ4n) is 3.07. The molecule has 0 unspecified atom stereocenters. The Labute approximate surface area is 179 Å². The van der Waals surface area contributed by atoms with Crippen molar-refractivity contribution in [2.45, 2.75) is 33.8 Å². The van der Waals surface area contributed by atoms with Gasteiger partial charge in [0.25, 0.3) is 5.69 Å². The topological polar surface area (TPSA) is 132 Å². The number of benzene rings is 1. The largest absolute Gasteiger partial charge is 0.618 e. The molecule has 166 valence electrons. The highest BCUT2D eigenvalue weighted by Crippen LogP contribution is 2.33. The first-order chi connectivity index (χ1) is 14.6. The molecular weight excluding hydrogens is 408 g/mol. The summed E-state index contributed by atoms with van der Waals surface area (Å²) >= 11 is 0. The zero-order valence-electron chi connectivity index (χ0n) is 18.0. The molecule has 2 rings (SSSR count). The molecule has 1 aromatic heterocycles. The van der Waals surface area contributed by atoms with Crippen molar-refractivity contribution in [1.82, 2.24) is 0 Å². The highest BCUT2D eigenvalue weighted by Gasteiger charge is 2.34. The van der Waals surface area contributed by atoms with Crippen molar-refractivity contribution < 1.29 is 33.5 Å². The number of ether oxygens (including phenoxy) is 3. The van der Waals surface area contributed by atoms with Crippen LogP contribution in [0.2, 0.25) is 0 Å². The Bertz CT molecular complexity index is 1020. The van der Waals surface area contributed by atoms with Gasteiger partial charge in [-0.1, -0.05) is 12.1 Å². The van der Waals surface area contributed by atoms with Crippen molar-refractivity contribution in [3.63, 3.8) is 0 Å². The molecule has 0 N–H and O–H groups in total. The molecule has 0 saturated carbocycles. The Morgan fingerprint density at radius 3 is 2.26 bits per heavy atom. The van der Waals surface area contributed by atoms with Gasteiger partial charge in [0.05, 0.1) is 17.6 Å². The number of nitro benzene ring substituents is 1. The van der Waals surface area contributed by atoms with Gasteiger partial charge in [-0.05, 0) is 19.4 Å². The summed E-state index contributed by atoms with van der Waals surface area (Å²) in [7, 11) is 1.44. The van der Waals surface area contributed by atoms with Gasteiger partial charge in [-0.25, -0.2) is 9.59 Å². The maximum Gasteiger partial charge on any atom is 0.345 e. The van der Waals surface area contributed by atoms with Crippen molar-refractivity contribution >= 4 is 17.6 Å². The smallest absolute Gasteiger partial charge is 0.345 e. The van der Waals surface area contributed by atoms with E-state index >= 15 is 0 Å². The van der Waals surface area contributed by atoms with Crippen molar-refractivity contribution in [3.8, 4) is 11.1 Å². The van der Waals surface area contributed by atoms with Gasteiger partial charge in [-0.2, -0.15) is 4.73 Å². The van der Waals surface area contributed by atoms with Gasteiger partial charge in [0.2, 0.25) is 11.4 Å². The van der Waals surface area contributed by atoms with Gasteiger partial charge >= 0.3 is 11.9 Å². The van der Waals surface area contributed by atoms with E-state index in [2.05, 4.69) is 0 Å². The summed E-state index contributed by atoms with van der Waals surface area (Å²) in [6.45, 7) is 6.15. The molecule has 0 bridgehead atoms. The summed E-state index contributed by atoms with van der Waals surface area (Å²) in [5.74, 6) is -1.69. The zero-order valence-corrected chi connectivity index (χ0v) is 18.0. The number of nitro groups is 1. The summed E-state index contributed by atoms with van der Waals surface area (Å²) in [5, 5.41) is 24.0. The van der Waals surface area contributed by atoms with E-state index in [0.29, 0.717) is 4.73 Å². The third kappa shape index (κ3) is 5.15. The van der Waals surface area contributed by atoms with Gasteiger partial charge in [0, 0.05) is 38.7 Å². The zero-order chi connectivity index (χ0) is 23.3. The Balaban J connectivity index is 2.87. The van der Waals surface area contributed by atoms with Crippen LogP contribution in [0.25, 0.3) is 11.1 Å². The molecule has 31 heavy (non-hydrogen) atoms. The highest BCUT2D eigenvalue weighted by atomic mass is 16.6. The third-order valence-corrected chi connectivity index (χ3v) is 4.45. The van der Waals surface area contributed by atoms with Gasteiger partial charge in [0.1, 0.15) is 17.7 Å². The SMILES string of the molecule is COCCOC(=O)c1c(-c2cccc([N+](=O)[O-])c2)c(C(=O)OC(C)C)c(C)[n+]([O-])c1C. The molecule has 10 nitrogen and oxygen atoms in total. The number of nitrogens with zero attached hydrogens (tertiary/aromatic N) is 2. The summed E-state index contributed by atoms with van der Waals surface area (Å²) in [6.07, 6.45) is -0.497. The quantitative estimate of drug-likeness (QED) is 0.155. The normalized spacial score (nSPS) is 10.8. The highest BCUT2D eigenvalue weighted by molar-refractivity contribution is 6.06. The molecule has 0 aliphatic heterocycles. The summed E-state index contributed by atoms with van der Waals surface area (Å²) in [5.41, 5.74) is -0.343.